The van der Waals surface area contributed by atoms with Gasteiger partial charge >= 0.3 is 5.97 Å². The van der Waals surface area contributed by atoms with Crippen molar-refractivity contribution in [1.82, 2.24) is 0 Å². The number of benzene rings is 1. The lowest BCUT2D eigenvalue weighted by atomic mass is 10.2. The van der Waals surface area contributed by atoms with Gasteiger partial charge in [-0.25, -0.2) is 4.79 Å². The quantitative estimate of drug-likeness (QED) is 0.444. The molecule has 0 radical (unpaired) electrons. The van der Waals surface area contributed by atoms with E-state index in [-0.39, 0.29) is 5.97 Å². The van der Waals surface area contributed by atoms with Crippen LogP contribution in [-0.4, -0.2) is 22.7 Å². The molecule has 1 rings (SSSR count). The van der Waals surface area contributed by atoms with Gasteiger partial charge in [0.2, 0.25) is 0 Å². The molecule has 0 spiro atoms. The fraction of sp³-hybridized carbons (Fsp3) is 0.417. The van der Waals surface area contributed by atoms with Crippen LogP contribution in [0.1, 0.15) is 23.2 Å². The number of rotatable bonds is 6. The average molecular weight is 350 g/mol. The van der Waals surface area contributed by atoms with Crippen molar-refractivity contribution in [3.05, 3.63) is 35.9 Å². The molecule has 1 atom stereocenters. The molecule has 0 bridgehead atoms. The molecule has 2 nitrogen and oxygen atoms in total. The Morgan fingerprint density at radius 1 is 1.31 bits per heavy atom. The van der Waals surface area contributed by atoms with Gasteiger partial charge in [-0.15, -0.1) is 0 Å². The summed E-state index contributed by atoms with van der Waals surface area (Å²) in [4.78, 5) is 12.0. The molecule has 0 saturated carbocycles. The Labute approximate surface area is 113 Å². The Balaban J connectivity index is 2.21. The number of hydrogen-bond acceptors (Lipinski definition) is 2. The topological polar surface area (TPSA) is 26.3 Å². The van der Waals surface area contributed by atoms with E-state index in [9.17, 15) is 4.79 Å². The van der Waals surface area contributed by atoms with E-state index in [2.05, 4.69) is 31.9 Å². The smallest absolute Gasteiger partial charge is 0.338 e. The van der Waals surface area contributed by atoms with Crippen molar-refractivity contribution < 1.29 is 9.53 Å². The second kappa shape index (κ2) is 7.85. The Hall–Kier alpha value is -0.350. The van der Waals surface area contributed by atoms with Crippen molar-refractivity contribution in [3.8, 4) is 0 Å². The molecule has 0 aliphatic heterocycles. The van der Waals surface area contributed by atoms with Gasteiger partial charge in [0.15, 0.2) is 0 Å². The maximum absolute atomic E-state index is 11.5. The number of carbonyl (C=O) groups excluding carboxylic acids is 1. The minimum absolute atomic E-state index is 0.245. The van der Waals surface area contributed by atoms with Crippen molar-refractivity contribution in [2.24, 2.45) is 0 Å². The second-order valence-electron chi connectivity index (χ2n) is 3.40. The van der Waals surface area contributed by atoms with E-state index in [1.54, 1.807) is 12.1 Å². The van der Waals surface area contributed by atoms with Crippen molar-refractivity contribution in [2.75, 3.05) is 11.9 Å². The summed E-state index contributed by atoms with van der Waals surface area (Å²) in [6.45, 7) is 0.475. The highest BCUT2D eigenvalue weighted by molar-refractivity contribution is 9.12. The van der Waals surface area contributed by atoms with Crippen LogP contribution < -0.4 is 0 Å². The monoisotopic (exact) mass is 348 g/mol. The van der Waals surface area contributed by atoms with Gasteiger partial charge in [-0.1, -0.05) is 50.1 Å². The number of halogens is 2. The van der Waals surface area contributed by atoms with Crippen LogP contribution in [0.5, 0.6) is 0 Å². The first kappa shape index (κ1) is 13.7. The molecule has 0 N–H and O–H groups in total. The summed E-state index contributed by atoms with van der Waals surface area (Å²) in [7, 11) is 0. The van der Waals surface area contributed by atoms with Gasteiger partial charge in [-0.2, -0.15) is 0 Å². The van der Waals surface area contributed by atoms with Crippen LogP contribution in [0.4, 0.5) is 0 Å². The molecule has 0 aliphatic carbocycles. The number of carbonyl (C=O) groups is 1. The molecule has 1 aromatic carbocycles. The molecule has 1 aromatic rings. The molecule has 16 heavy (non-hydrogen) atoms. The van der Waals surface area contributed by atoms with Crippen LogP contribution in [0.25, 0.3) is 0 Å². The highest BCUT2D eigenvalue weighted by Crippen LogP contribution is 2.11. The van der Waals surface area contributed by atoms with Crippen LogP contribution >= 0.6 is 31.9 Å². The Morgan fingerprint density at radius 3 is 2.62 bits per heavy atom. The summed E-state index contributed by atoms with van der Waals surface area (Å²) in [6, 6.07) is 9.05. The third-order valence-corrected chi connectivity index (χ3v) is 4.50. The van der Waals surface area contributed by atoms with Crippen molar-refractivity contribution in [3.63, 3.8) is 0 Å². The lowest BCUT2D eigenvalue weighted by Gasteiger charge is -2.06. The average Bonchev–Trinajstić information content (AvgIpc) is 2.35. The van der Waals surface area contributed by atoms with Crippen molar-refractivity contribution >= 4 is 37.8 Å². The Morgan fingerprint density at radius 2 is 2.00 bits per heavy atom. The molecule has 0 heterocycles. The summed E-state index contributed by atoms with van der Waals surface area (Å²) in [5, 5.41) is 0.916. The Kier molecular flexibility index (Phi) is 6.73. The first-order valence-electron chi connectivity index (χ1n) is 5.16. The number of hydrogen-bond donors (Lipinski definition) is 0. The summed E-state index contributed by atoms with van der Waals surface area (Å²) >= 11 is 6.88. The highest BCUT2D eigenvalue weighted by Gasteiger charge is 2.06. The number of esters is 1. The summed E-state index contributed by atoms with van der Waals surface area (Å²) in [6.07, 6.45) is 1.87. The normalized spacial score (nSPS) is 12.1. The fourth-order valence-corrected chi connectivity index (χ4v) is 1.85. The van der Waals surface area contributed by atoms with Gasteiger partial charge in [-0.05, 0) is 25.0 Å². The first-order valence-corrected chi connectivity index (χ1v) is 7.20. The van der Waals surface area contributed by atoms with E-state index >= 15 is 0 Å². The Bertz CT molecular complexity index is 314. The fourth-order valence-electron chi connectivity index (χ4n) is 1.20. The molecule has 4 heteroatoms. The summed E-state index contributed by atoms with van der Waals surface area (Å²) in [5.74, 6) is -0.245. The highest BCUT2D eigenvalue weighted by atomic mass is 79.9. The van der Waals surface area contributed by atoms with Crippen LogP contribution in [0.2, 0.25) is 0 Å². The lowest BCUT2D eigenvalue weighted by Crippen LogP contribution is -2.08. The molecule has 0 amide bonds. The van der Waals surface area contributed by atoms with E-state index in [0.29, 0.717) is 17.0 Å². The van der Waals surface area contributed by atoms with E-state index in [4.69, 9.17) is 4.74 Å². The minimum atomic E-state index is -0.245. The molecule has 1 unspecified atom stereocenters. The largest absolute Gasteiger partial charge is 0.462 e. The zero-order valence-electron chi connectivity index (χ0n) is 8.86. The molecular formula is C12H14Br2O2. The van der Waals surface area contributed by atoms with Gasteiger partial charge < -0.3 is 4.74 Å². The third-order valence-electron chi connectivity index (χ3n) is 2.07. The standard InChI is InChI=1S/C12H14Br2O2/c13-9-11(14)7-4-8-16-12(15)10-5-2-1-3-6-10/h1-3,5-6,11H,4,7-9H2. The van der Waals surface area contributed by atoms with Crippen molar-refractivity contribution in [2.45, 2.75) is 17.7 Å². The molecule has 0 aliphatic rings. The number of alkyl halides is 2. The maximum atomic E-state index is 11.5. The van der Waals surface area contributed by atoms with Gasteiger partial charge in [0.1, 0.15) is 0 Å². The van der Waals surface area contributed by atoms with Gasteiger partial charge in [0, 0.05) is 10.2 Å². The van der Waals surface area contributed by atoms with E-state index in [1.807, 2.05) is 18.2 Å². The SMILES string of the molecule is O=C(OCCCC(Br)CBr)c1ccccc1. The van der Waals surface area contributed by atoms with Crippen LogP contribution in [-0.2, 0) is 4.74 Å². The van der Waals surface area contributed by atoms with Crippen LogP contribution in [0, 0.1) is 0 Å². The summed E-state index contributed by atoms with van der Waals surface area (Å²) in [5.41, 5.74) is 0.610. The van der Waals surface area contributed by atoms with E-state index in [1.165, 1.54) is 0 Å². The molecule has 88 valence electrons. The molecule has 0 saturated heterocycles. The van der Waals surface area contributed by atoms with Crippen LogP contribution in [0.15, 0.2) is 30.3 Å². The van der Waals surface area contributed by atoms with Gasteiger partial charge in [0.25, 0.3) is 0 Å². The number of ether oxygens (including phenoxy) is 1. The third kappa shape index (κ3) is 5.12. The molecule has 0 aromatic heterocycles. The second-order valence-corrected chi connectivity index (χ2v) is 5.34. The predicted molar refractivity (Wildman–Crippen MR) is 72.5 cm³/mol. The zero-order valence-corrected chi connectivity index (χ0v) is 12.0. The van der Waals surface area contributed by atoms with Crippen molar-refractivity contribution in [1.29, 1.82) is 0 Å². The molecule has 0 fully saturated rings. The minimum Gasteiger partial charge on any atom is -0.462 e. The van der Waals surface area contributed by atoms with Crippen LogP contribution in [0.3, 0.4) is 0 Å². The maximum Gasteiger partial charge on any atom is 0.338 e. The first-order chi connectivity index (χ1) is 7.74. The van der Waals surface area contributed by atoms with E-state index in [0.717, 1.165) is 18.2 Å². The predicted octanol–water partition coefficient (Wildman–Crippen LogP) is 3.78. The van der Waals surface area contributed by atoms with Gasteiger partial charge in [-0.3, -0.25) is 0 Å². The van der Waals surface area contributed by atoms with E-state index < -0.39 is 0 Å². The lowest BCUT2D eigenvalue weighted by molar-refractivity contribution is 0.0498. The van der Waals surface area contributed by atoms with Gasteiger partial charge in [0.05, 0.1) is 12.2 Å². The molecular weight excluding hydrogens is 336 g/mol. The summed E-state index contributed by atoms with van der Waals surface area (Å²) < 4.78 is 5.15. The zero-order chi connectivity index (χ0) is 11.8.